The summed E-state index contributed by atoms with van der Waals surface area (Å²) < 4.78 is 20.2. The summed E-state index contributed by atoms with van der Waals surface area (Å²) in [5.41, 5.74) is 3.42. The van der Waals surface area contributed by atoms with E-state index in [0.717, 1.165) is 31.9 Å². The van der Waals surface area contributed by atoms with Gasteiger partial charge in [-0.2, -0.15) is 4.98 Å². The Hall–Kier alpha value is -3.66. The van der Waals surface area contributed by atoms with Gasteiger partial charge >= 0.3 is 0 Å². The minimum Gasteiger partial charge on any atom is -0.488 e. The zero-order valence-electron chi connectivity index (χ0n) is 19.7. The van der Waals surface area contributed by atoms with Crippen LogP contribution in [0.5, 0.6) is 5.75 Å². The molecular weight excluding hydrogens is 447 g/mol. The van der Waals surface area contributed by atoms with Crippen molar-refractivity contribution in [3.63, 3.8) is 0 Å². The molecule has 3 N–H and O–H groups in total. The van der Waals surface area contributed by atoms with Gasteiger partial charge in [-0.25, -0.2) is 14.4 Å². The molecule has 1 aliphatic carbocycles. The summed E-state index contributed by atoms with van der Waals surface area (Å²) in [6.07, 6.45) is 3.54. The van der Waals surface area contributed by atoms with E-state index in [4.69, 9.17) is 4.74 Å². The number of rotatable bonds is 6. The van der Waals surface area contributed by atoms with Crippen LogP contribution in [0.1, 0.15) is 24.3 Å². The number of anilines is 6. The fourth-order valence-corrected chi connectivity index (χ4v) is 4.51. The molecule has 9 nitrogen and oxygen atoms in total. The fraction of sp³-hybridized carbons (Fsp3) is 0.400. The molecule has 1 saturated carbocycles. The number of hydrogen-bond acceptors (Lipinski definition) is 9. The second-order valence-corrected chi connectivity index (χ2v) is 9.29. The highest BCUT2D eigenvalue weighted by Gasteiger charge is 2.27. The predicted molar refractivity (Wildman–Crippen MR) is 135 cm³/mol. The van der Waals surface area contributed by atoms with E-state index < -0.39 is 5.82 Å². The van der Waals surface area contributed by atoms with Gasteiger partial charge in [0.15, 0.2) is 23.2 Å². The standard InChI is InChI=1S/C25H29FN8O/c1-33-9-11-34(12-10-33)17-4-5-18(16-2-3-16)20(14-17)29-25-28-15-19(26)23(32-25)30-22-7-6-21-24(31-22)27-8-13-35-21/h4-7,14-16H,2-3,8-13H2,1H3,(H3,27,28,29,30,31,32). The highest BCUT2D eigenvalue weighted by molar-refractivity contribution is 5.69. The minimum absolute atomic E-state index is 0.0647. The first-order valence-corrected chi connectivity index (χ1v) is 12.1. The number of piperazine rings is 1. The van der Waals surface area contributed by atoms with Crippen LogP contribution >= 0.6 is 0 Å². The molecule has 0 spiro atoms. The number of benzene rings is 1. The van der Waals surface area contributed by atoms with Gasteiger partial charge in [-0.3, -0.25) is 0 Å². The van der Waals surface area contributed by atoms with Crippen LogP contribution in [-0.2, 0) is 0 Å². The monoisotopic (exact) mass is 476 g/mol. The van der Waals surface area contributed by atoms with E-state index in [1.807, 2.05) is 0 Å². The highest BCUT2D eigenvalue weighted by Crippen LogP contribution is 2.45. The average Bonchev–Trinajstić information content (AvgIpc) is 3.72. The molecule has 6 rings (SSSR count). The summed E-state index contributed by atoms with van der Waals surface area (Å²) in [4.78, 5) is 17.9. The second-order valence-electron chi connectivity index (χ2n) is 9.29. The lowest BCUT2D eigenvalue weighted by Crippen LogP contribution is -2.44. The first-order chi connectivity index (χ1) is 17.1. The van der Waals surface area contributed by atoms with Crippen LogP contribution in [0.3, 0.4) is 0 Å². The van der Waals surface area contributed by atoms with Crippen molar-refractivity contribution in [1.82, 2.24) is 19.9 Å². The summed E-state index contributed by atoms with van der Waals surface area (Å²) in [7, 11) is 2.15. The van der Waals surface area contributed by atoms with Crippen molar-refractivity contribution in [1.29, 1.82) is 0 Å². The van der Waals surface area contributed by atoms with Crippen LogP contribution < -0.4 is 25.6 Å². The second kappa shape index (κ2) is 9.18. The van der Waals surface area contributed by atoms with Gasteiger partial charge < -0.3 is 30.5 Å². The molecular formula is C25H29FN8O. The fourth-order valence-electron chi connectivity index (χ4n) is 4.51. The molecule has 182 valence electrons. The van der Waals surface area contributed by atoms with Crippen molar-refractivity contribution in [3.8, 4) is 5.75 Å². The Bertz CT molecular complexity index is 1230. The summed E-state index contributed by atoms with van der Waals surface area (Å²) >= 11 is 0. The molecule has 0 amide bonds. The van der Waals surface area contributed by atoms with E-state index in [1.54, 1.807) is 12.1 Å². The van der Waals surface area contributed by atoms with Crippen LogP contribution in [0.25, 0.3) is 0 Å². The molecule has 4 heterocycles. The van der Waals surface area contributed by atoms with Gasteiger partial charge in [-0.1, -0.05) is 6.07 Å². The first-order valence-electron chi connectivity index (χ1n) is 12.1. The van der Waals surface area contributed by atoms with Gasteiger partial charge in [0.25, 0.3) is 0 Å². The van der Waals surface area contributed by atoms with Crippen LogP contribution in [0.4, 0.5) is 39.2 Å². The van der Waals surface area contributed by atoms with Crippen LogP contribution in [-0.4, -0.2) is 66.2 Å². The maximum Gasteiger partial charge on any atom is 0.229 e. The molecule has 2 aromatic heterocycles. The largest absolute Gasteiger partial charge is 0.488 e. The Morgan fingerprint density at radius 3 is 2.74 bits per heavy atom. The molecule has 10 heteroatoms. The van der Waals surface area contributed by atoms with Crippen molar-refractivity contribution >= 4 is 34.8 Å². The first kappa shape index (κ1) is 21.8. The number of ether oxygens (including phenoxy) is 1. The molecule has 35 heavy (non-hydrogen) atoms. The van der Waals surface area contributed by atoms with Gasteiger partial charge in [0.05, 0.1) is 12.7 Å². The Morgan fingerprint density at radius 1 is 1.06 bits per heavy atom. The molecule has 0 bridgehead atoms. The van der Waals surface area contributed by atoms with Gasteiger partial charge in [-0.05, 0) is 55.6 Å². The molecule has 3 aromatic rings. The molecule has 3 aliphatic rings. The smallest absolute Gasteiger partial charge is 0.229 e. The van der Waals surface area contributed by atoms with Gasteiger partial charge in [0.2, 0.25) is 5.95 Å². The zero-order valence-corrected chi connectivity index (χ0v) is 19.7. The van der Waals surface area contributed by atoms with Crippen molar-refractivity contribution in [3.05, 3.63) is 47.9 Å². The third-order valence-corrected chi connectivity index (χ3v) is 6.67. The van der Waals surface area contributed by atoms with E-state index in [9.17, 15) is 4.39 Å². The number of aromatic nitrogens is 3. The lowest BCUT2D eigenvalue weighted by molar-refractivity contribution is 0.313. The van der Waals surface area contributed by atoms with Gasteiger partial charge in [0.1, 0.15) is 12.4 Å². The molecule has 1 aromatic carbocycles. The molecule has 2 fully saturated rings. The molecule has 0 unspecified atom stereocenters. The third kappa shape index (κ3) is 4.79. The van der Waals surface area contributed by atoms with E-state index in [1.165, 1.54) is 30.3 Å². The highest BCUT2D eigenvalue weighted by atomic mass is 19.1. The number of halogens is 1. The maximum absolute atomic E-state index is 14.6. The summed E-state index contributed by atoms with van der Waals surface area (Å²) in [5, 5.41) is 9.53. The number of nitrogens with zero attached hydrogens (tertiary/aromatic N) is 5. The molecule has 2 aliphatic heterocycles. The van der Waals surface area contributed by atoms with E-state index in [-0.39, 0.29) is 5.82 Å². The Balaban J connectivity index is 1.25. The topological polar surface area (TPSA) is 90.5 Å². The molecule has 1 saturated heterocycles. The average molecular weight is 477 g/mol. The predicted octanol–water partition coefficient (Wildman–Crippen LogP) is 3.93. The van der Waals surface area contributed by atoms with Gasteiger partial charge in [0, 0.05) is 37.6 Å². The van der Waals surface area contributed by atoms with Crippen molar-refractivity contribution in [2.45, 2.75) is 18.8 Å². The van der Waals surface area contributed by atoms with Crippen molar-refractivity contribution in [2.75, 3.05) is 67.2 Å². The lowest BCUT2D eigenvalue weighted by Gasteiger charge is -2.34. The van der Waals surface area contributed by atoms with E-state index in [0.29, 0.717) is 42.4 Å². The van der Waals surface area contributed by atoms with Gasteiger partial charge in [-0.15, -0.1) is 0 Å². The number of fused-ring (bicyclic) bond motifs is 1. The van der Waals surface area contributed by atoms with Crippen molar-refractivity contribution < 1.29 is 9.13 Å². The number of pyridine rings is 1. The summed E-state index contributed by atoms with van der Waals surface area (Å²) in [5.74, 6) is 2.19. The van der Waals surface area contributed by atoms with Crippen LogP contribution in [0, 0.1) is 5.82 Å². The summed E-state index contributed by atoms with van der Waals surface area (Å²) in [6.45, 7) is 5.34. The number of nitrogens with one attached hydrogen (secondary N) is 3. The van der Waals surface area contributed by atoms with Crippen molar-refractivity contribution in [2.24, 2.45) is 0 Å². The van der Waals surface area contributed by atoms with Crippen LogP contribution in [0.2, 0.25) is 0 Å². The summed E-state index contributed by atoms with van der Waals surface area (Å²) in [6, 6.07) is 10.1. The van der Waals surface area contributed by atoms with Crippen LogP contribution in [0.15, 0.2) is 36.5 Å². The Morgan fingerprint density at radius 2 is 1.91 bits per heavy atom. The Kier molecular flexibility index (Phi) is 5.73. The number of likely N-dealkylation sites (N-methyl/N-ethyl adjacent to an activating group) is 1. The maximum atomic E-state index is 14.6. The quantitative estimate of drug-likeness (QED) is 0.490. The number of hydrogen-bond donors (Lipinski definition) is 3. The normalized spacial score (nSPS) is 17.8. The minimum atomic E-state index is -0.548. The zero-order chi connectivity index (χ0) is 23.8. The SMILES string of the molecule is CN1CCN(c2ccc(C3CC3)c(Nc3ncc(F)c(Nc4ccc5c(n4)NCCO5)n3)c2)CC1. The van der Waals surface area contributed by atoms with E-state index >= 15 is 0 Å². The Labute approximate surface area is 203 Å². The molecule has 0 atom stereocenters. The lowest BCUT2D eigenvalue weighted by atomic mass is 10.1. The van der Waals surface area contributed by atoms with E-state index in [2.05, 4.69) is 65.9 Å². The third-order valence-electron chi connectivity index (χ3n) is 6.67. The molecule has 0 radical (unpaired) electrons.